The lowest BCUT2D eigenvalue weighted by molar-refractivity contribution is 0.118. The Morgan fingerprint density at radius 2 is 1.11 bits per heavy atom. The molecule has 73 heavy (non-hydrogen) atoms. The molecule has 0 fully saturated rings. The first-order chi connectivity index (χ1) is 34.5. The number of rotatable bonds is 31. The molecule has 0 aromatic heterocycles. The topological polar surface area (TPSA) is 170 Å². The molecule has 0 amide bonds. The third-order valence-corrected chi connectivity index (χ3v) is 22.8. The first-order valence-electron chi connectivity index (χ1n) is 23.8. The van der Waals surface area contributed by atoms with E-state index in [-0.39, 0.29) is 12.6 Å². The van der Waals surface area contributed by atoms with Gasteiger partial charge in [-0.05, 0) is 187 Å². The molecular weight excluding hydrogens is 1090 g/mol. The number of methoxy groups -OCH3 is 1. The number of hydrogen-bond donors (Lipinski definition) is 2. The van der Waals surface area contributed by atoms with Crippen LogP contribution in [0.4, 0.5) is 0 Å². The highest BCUT2D eigenvalue weighted by molar-refractivity contribution is 8.42. The molecule has 0 saturated carbocycles. The summed E-state index contributed by atoms with van der Waals surface area (Å²) in [4.78, 5) is 0. The summed E-state index contributed by atoms with van der Waals surface area (Å²) in [5, 5.41) is 13.8. The number of hydrazone groups is 3. The zero-order valence-corrected chi connectivity index (χ0v) is 51.2. The lowest BCUT2D eigenvalue weighted by Crippen LogP contribution is -2.34. The molecule has 3 aromatic carbocycles. The van der Waals surface area contributed by atoms with Gasteiger partial charge in [-0.2, -0.15) is 20.1 Å². The number of hydrogen-bond acceptors (Lipinski definition) is 19. The summed E-state index contributed by atoms with van der Waals surface area (Å²) in [5.41, 5.74) is 5.99. The molecule has 0 bridgehead atoms. The van der Waals surface area contributed by atoms with Gasteiger partial charge in [0.2, 0.25) is 14.6 Å². The van der Waals surface area contributed by atoms with Crippen LogP contribution in [0.3, 0.4) is 0 Å². The Bertz CT molecular complexity index is 2360. The third kappa shape index (κ3) is 22.2. The van der Waals surface area contributed by atoms with Gasteiger partial charge in [-0.3, -0.25) is 14.1 Å². The number of nitrogens with one attached hydrogen (secondary N) is 1. The number of nitrogens with zero attached hydrogens (tertiary/aromatic N) is 7. The molecule has 3 aromatic rings. The maximum Gasteiger partial charge on any atom is 0.348 e. The van der Waals surface area contributed by atoms with E-state index in [2.05, 4.69) is 45.1 Å². The summed E-state index contributed by atoms with van der Waals surface area (Å²) >= 11 is 16.1. The fourth-order valence-electron chi connectivity index (χ4n) is 6.61. The Labute approximate surface area is 451 Å². The van der Waals surface area contributed by atoms with E-state index in [1.807, 2.05) is 79.5 Å². The van der Waals surface area contributed by atoms with Gasteiger partial charge in [-0.25, -0.2) is 15.0 Å². The van der Waals surface area contributed by atoms with Crippen LogP contribution < -0.4 is 19.2 Å². The highest BCUT2D eigenvalue weighted by atomic mass is 32.7. The minimum atomic E-state index is -4.09. The van der Waals surface area contributed by atoms with Crippen molar-refractivity contribution in [2.24, 2.45) is 21.2 Å². The second kappa shape index (κ2) is 31.0. The maximum absolute atomic E-state index is 14.5. The molecule has 4 rings (SSSR count). The number of benzene rings is 3. The summed E-state index contributed by atoms with van der Waals surface area (Å²) in [7, 11) is -4.27. The van der Waals surface area contributed by atoms with Crippen molar-refractivity contribution in [1.29, 1.82) is 0 Å². The molecule has 0 radical (unpaired) electrons. The van der Waals surface area contributed by atoms with E-state index in [1.165, 1.54) is 5.01 Å². The predicted molar refractivity (Wildman–Crippen MR) is 312 cm³/mol. The van der Waals surface area contributed by atoms with Gasteiger partial charge in [-0.1, -0.05) is 24.4 Å². The van der Waals surface area contributed by atoms with Gasteiger partial charge in [0.05, 0.1) is 62.8 Å². The summed E-state index contributed by atoms with van der Waals surface area (Å²) in [5.74, 6) is 2.36. The Balaban J connectivity index is 1.23. The fourth-order valence-corrected chi connectivity index (χ4v) is 16.0. The van der Waals surface area contributed by atoms with Gasteiger partial charge < -0.3 is 36.4 Å². The molecule has 0 aliphatic heterocycles. The van der Waals surface area contributed by atoms with Crippen molar-refractivity contribution in [2.75, 3.05) is 48.4 Å². The van der Waals surface area contributed by atoms with E-state index in [1.54, 1.807) is 117 Å². The second-order valence-corrected chi connectivity index (χ2v) is 29.8. The number of hydrazine groups is 1. The van der Waals surface area contributed by atoms with E-state index < -0.39 is 66.7 Å². The van der Waals surface area contributed by atoms with Crippen LogP contribution in [0.5, 0.6) is 17.2 Å². The van der Waals surface area contributed by atoms with Crippen LogP contribution in [0.1, 0.15) is 84.9 Å². The molecule has 5 unspecified atom stereocenters. The van der Waals surface area contributed by atoms with Gasteiger partial charge in [0.15, 0.2) is 12.5 Å². The first kappa shape index (κ1) is 63.0. The van der Waals surface area contributed by atoms with Crippen molar-refractivity contribution in [1.82, 2.24) is 24.8 Å². The lowest BCUT2D eigenvalue weighted by Gasteiger charge is -2.36. The van der Waals surface area contributed by atoms with Crippen molar-refractivity contribution in [3.63, 3.8) is 0 Å². The van der Waals surface area contributed by atoms with Gasteiger partial charge in [-0.15, -0.1) is 0 Å². The minimum Gasteiger partial charge on any atom is -0.497 e. The first-order valence-corrected chi connectivity index (χ1v) is 34.4. The number of ether oxygens (including phenoxy) is 1. The van der Waals surface area contributed by atoms with Crippen LogP contribution >= 0.6 is 49.1 Å². The smallest absolute Gasteiger partial charge is 0.348 e. The SMILES string of the molecule is COc1ccc(/C=N/N(C)P(S)OC2C=CC(CNN(C)[PH](=S)Oc3ccc(/C=N/N(C)[PH](=S)Oc4ccc(/C=N/N(C)CC(P(=O)(OC(C)C)OC(C)C)P(=O)(OC(C)C)OC(C)C)cc4)cc3)CC2)cc1. The Morgan fingerprint density at radius 1 is 0.671 bits per heavy atom. The zero-order chi connectivity index (χ0) is 53.9. The van der Waals surface area contributed by atoms with Gasteiger partial charge in [0.25, 0.3) is 0 Å². The van der Waals surface area contributed by atoms with Crippen molar-refractivity contribution < 1.29 is 45.5 Å². The van der Waals surface area contributed by atoms with Gasteiger partial charge in [0.1, 0.15) is 17.2 Å². The molecular formula is C47H75N8O10P5S3. The Kier molecular flexibility index (Phi) is 26.8. The Morgan fingerprint density at radius 3 is 1.55 bits per heavy atom. The summed E-state index contributed by atoms with van der Waals surface area (Å²) in [6.45, 7) is 14.5. The summed E-state index contributed by atoms with van der Waals surface area (Å²) in [6.07, 6.45) is 9.24. The van der Waals surface area contributed by atoms with E-state index in [0.717, 1.165) is 41.8 Å². The standard InChI is InChI=1S/C47H75N8O10P5S3/c1-35(2)62-69(56,63-36(3)4)47(70(57,64-37(5)6)65-38(7)8)34-52(9)48-30-39-16-24-44(25-17-39)59-67(72)54(11)50-32-41-20-28-46(29-21-41)61-68(73)55(12)51-33-42-18-26-45(27-19-42)60-66(71)53(10)49-31-40-14-22-43(58-13)23-15-40/h14-18,20-26,28-32,35-38,42,45,47,51,67-68,71H,19,27,33-34H2,1-13H3/b48-30+,49-31+,50-32+. The molecule has 0 saturated heterocycles. The van der Waals surface area contributed by atoms with Crippen molar-refractivity contribution >= 4 is 91.3 Å². The molecule has 1 aliphatic carbocycles. The van der Waals surface area contributed by atoms with Crippen LogP contribution in [0.2, 0.25) is 0 Å². The fraction of sp³-hybridized carbons (Fsp3) is 0.511. The van der Waals surface area contributed by atoms with E-state index in [4.69, 9.17) is 60.0 Å². The molecule has 1 N–H and O–H groups in total. The van der Waals surface area contributed by atoms with E-state index >= 15 is 0 Å². The average Bonchev–Trinajstić information content (AvgIpc) is 3.32. The van der Waals surface area contributed by atoms with Crippen molar-refractivity contribution in [3.05, 3.63) is 102 Å². The zero-order valence-electron chi connectivity index (χ0n) is 44.0. The van der Waals surface area contributed by atoms with Crippen molar-refractivity contribution in [2.45, 2.75) is 104 Å². The van der Waals surface area contributed by atoms with Gasteiger partial charge in [0, 0.05) is 34.7 Å². The number of thiol groups is 1. The summed E-state index contributed by atoms with van der Waals surface area (Å²) < 4.78 is 81.6. The van der Waals surface area contributed by atoms with Crippen LogP contribution in [0.25, 0.3) is 0 Å². The highest BCUT2D eigenvalue weighted by Crippen LogP contribution is 2.72. The highest BCUT2D eigenvalue weighted by Gasteiger charge is 2.53. The van der Waals surface area contributed by atoms with Crippen LogP contribution in [0.15, 0.2) is 100 Å². The van der Waals surface area contributed by atoms with E-state index in [9.17, 15) is 9.13 Å². The van der Waals surface area contributed by atoms with Crippen LogP contribution in [-0.2, 0) is 55.4 Å². The van der Waals surface area contributed by atoms with Crippen LogP contribution in [0, 0.1) is 5.92 Å². The monoisotopic (exact) mass is 1160 g/mol. The molecule has 0 spiro atoms. The lowest BCUT2D eigenvalue weighted by atomic mass is 9.94. The minimum absolute atomic E-state index is 0.0305. The normalized spacial score (nSPS) is 17.0. The molecule has 26 heteroatoms. The second-order valence-electron chi connectivity index (χ2n) is 18.0. The largest absolute Gasteiger partial charge is 0.497 e. The summed E-state index contributed by atoms with van der Waals surface area (Å²) in [6, 6.07) is 22.5. The molecule has 5 atom stereocenters. The molecule has 0 heterocycles. The van der Waals surface area contributed by atoms with Crippen LogP contribution in [-0.4, -0.2) is 122 Å². The molecule has 1 aliphatic rings. The quantitative estimate of drug-likeness (QED) is 0.0205. The van der Waals surface area contributed by atoms with Gasteiger partial charge >= 0.3 is 15.2 Å². The predicted octanol–water partition coefficient (Wildman–Crippen LogP) is 12.0. The van der Waals surface area contributed by atoms with Crippen molar-refractivity contribution in [3.8, 4) is 17.2 Å². The van der Waals surface area contributed by atoms with E-state index in [0.29, 0.717) is 17.4 Å². The Hall–Kier alpha value is -2.53. The average molecular weight is 1160 g/mol. The molecule has 406 valence electrons. The molecule has 18 nitrogen and oxygen atoms in total. The third-order valence-electron chi connectivity index (χ3n) is 10.1. The maximum atomic E-state index is 14.5.